The van der Waals surface area contributed by atoms with Crippen LogP contribution in [0.2, 0.25) is 0 Å². The summed E-state index contributed by atoms with van der Waals surface area (Å²) in [6.45, 7) is 4.36. The van der Waals surface area contributed by atoms with Gasteiger partial charge in [0.15, 0.2) is 0 Å². The normalized spacial score (nSPS) is 20.9. The Morgan fingerprint density at radius 1 is 1.12 bits per heavy atom. The third-order valence-corrected chi connectivity index (χ3v) is 6.57. The minimum absolute atomic E-state index is 0.0990. The molecule has 1 N–H and O–H groups in total. The van der Waals surface area contributed by atoms with E-state index in [1.54, 1.807) is 42.3 Å². The zero-order chi connectivity index (χ0) is 23.4. The number of nitrogens with zero attached hydrogens (tertiary/aromatic N) is 2. The van der Waals surface area contributed by atoms with E-state index >= 15 is 0 Å². The van der Waals surface area contributed by atoms with E-state index in [9.17, 15) is 14.7 Å². The molecule has 0 spiro atoms. The van der Waals surface area contributed by atoms with Crippen molar-refractivity contribution < 1.29 is 24.2 Å². The van der Waals surface area contributed by atoms with E-state index in [-0.39, 0.29) is 11.3 Å². The highest BCUT2D eigenvalue weighted by atomic mass is 79.9. The number of ketones is 1. The maximum Gasteiger partial charge on any atom is 0.295 e. The Hall–Kier alpha value is -2.68. The number of rotatable bonds is 7. The van der Waals surface area contributed by atoms with Crippen LogP contribution >= 0.6 is 15.9 Å². The minimum atomic E-state index is -0.687. The van der Waals surface area contributed by atoms with Crippen molar-refractivity contribution in [1.29, 1.82) is 0 Å². The van der Waals surface area contributed by atoms with Crippen molar-refractivity contribution in [3.8, 4) is 5.75 Å². The lowest BCUT2D eigenvalue weighted by atomic mass is 9.95. The Morgan fingerprint density at radius 2 is 1.85 bits per heavy atom. The number of carbonyl (C=O) groups excluding carboxylic acids is 2. The predicted octanol–water partition coefficient (Wildman–Crippen LogP) is 3.60. The van der Waals surface area contributed by atoms with Gasteiger partial charge in [0.25, 0.3) is 11.7 Å². The van der Waals surface area contributed by atoms with E-state index < -0.39 is 17.7 Å². The quantitative estimate of drug-likeness (QED) is 0.345. The van der Waals surface area contributed by atoms with Crippen LogP contribution in [0.1, 0.15) is 23.6 Å². The highest BCUT2D eigenvalue weighted by Gasteiger charge is 2.45. The number of morpholine rings is 1. The average Bonchev–Trinajstić information content (AvgIpc) is 3.10. The molecule has 2 aliphatic rings. The van der Waals surface area contributed by atoms with E-state index in [4.69, 9.17) is 9.47 Å². The molecule has 0 bridgehead atoms. The van der Waals surface area contributed by atoms with Gasteiger partial charge in [-0.25, -0.2) is 0 Å². The highest BCUT2D eigenvalue weighted by molar-refractivity contribution is 9.10. The van der Waals surface area contributed by atoms with Gasteiger partial charge in [0.05, 0.1) is 31.9 Å². The van der Waals surface area contributed by atoms with Crippen molar-refractivity contribution in [3.05, 3.63) is 69.7 Å². The van der Waals surface area contributed by atoms with Crippen LogP contribution < -0.4 is 4.74 Å². The molecule has 33 heavy (non-hydrogen) atoms. The monoisotopic (exact) mass is 514 g/mol. The molecule has 2 saturated heterocycles. The number of aliphatic hydroxyl groups excluding tert-OH is 1. The standard InChI is InChI=1S/C25H27BrN2O5/c1-32-20-5-2-4-18(16-20)22-21(23(29)17-6-8-19(26)9-7-17)24(30)25(31)28(22)11-3-10-27-12-14-33-15-13-27/h2,4-9,16,22,29H,3,10-15H2,1H3/b23-21-. The highest BCUT2D eigenvalue weighted by Crippen LogP contribution is 2.40. The average molecular weight is 515 g/mol. The first kappa shape index (κ1) is 23.5. The van der Waals surface area contributed by atoms with Crippen LogP contribution in [0.5, 0.6) is 5.75 Å². The molecule has 174 valence electrons. The predicted molar refractivity (Wildman–Crippen MR) is 128 cm³/mol. The zero-order valence-electron chi connectivity index (χ0n) is 18.5. The summed E-state index contributed by atoms with van der Waals surface area (Å²) in [6, 6.07) is 13.6. The smallest absolute Gasteiger partial charge is 0.295 e. The summed E-state index contributed by atoms with van der Waals surface area (Å²) >= 11 is 3.38. The topological polar surface area (TPSA) is 79.3 Å². The summed E-state index contributed by atoms with van der Waals surface area (Å²) < 4.78 is 11.6. The lowest BCUT2D eigenvalue weighted by Crippen LogP contribution is -2.38. The number of carbonyl (C=O) groups is 2. The van der Waals surface area contributed by atoms with Gasteiger partial charge in [-0.1, -0.05) is 40.2 Å². The number of hydrogen-bond acceptors (Lipinski definition) is 6. The first-order valence-electron chi connectivity index (χ1n) is 11.0. The second kappa shape index (κ2) is 10.5. The van der Waals surface area contributed by atoms with Gasteiger partial charge in [-0.15, -0.1) is 0 Å². The van der Waals surface area contributed by atoms with Crippen LogP contribution in [0.4, 0.5) is 0 Å². The van der Waals surface area contributed by atoms with Crippen LogP contribution in [-0.2, 0) is 14.3 Å². The van der Waals surface area contributed by atoms with Gasteiger partial charge in [0, 0.05) is 36.2 Å². The number of methoxy groups -OCH3 is 1. The number of likely N-dealkylation sites (tertiary alicyclic amines) is 1. The summed E-state index contributed by atoms with van der Waals surface area (Å²) in [4.78, 5) is 30.1. The minimum Gasteiger partial charge on any atom is -0.507 e. The van der Waals surface area contributed by atoms with Gasteiger partial charge >= 0.3 is 0 Å². The van der Waals surface area contributed by atoms with Gasteiger partial charge in [-0.3, -0.25) is 14.5 Å². The number of ether oxygens (including phenoxy) is 2. The third-order valence-electron chi connectivity index (χ3n) is 6.04. The lowest BCUT2D eigenvalue weighted by molar-refractivity contribution is -0.140. The van der Waals surface area contributed by atoms with Crippen molar-refractivity contribution in [3.63, 3.8) is 0 Å². The fraction of sp³-hybridized carbons (Fsp3) is 0.360. The summed E-state index contributed by atoms with van der Waals surface area (Å²) in [6.07, 6.45) is 0.714. The van der Waals surface area contributed by atoms with E-state index in [2.05, 4.69) is 20.8 Å². The molecule has 0 saturated carbocycles. The van der Waals surface area contributed by atoms with Crippen molar-refractivity contribution in [1.82, 2.24) is 9.80 Å². The number of benzene rings is 2. The second-order valence-corrected chi connectivity index (χ2v) is 9.00. The molecule has 0 aromatic heterocycles. The Labute approximate surface area is 201 Å². The fourth-order valence-corrected chi connectivity index (χ4v) is 4.59. The Morgan fingerprint density at radius 3 is 2.55 bits per heavy atom. The van der Waals surface area contributed by atoms with Crippen LogP contribution in [0.25, 0.3) is 5.76 Å². The van der Waals surface area contributed by atoms with Gasteiger partial charge in [-0.05, 0) is 36.2 Å². The summed E-state index contributed by atoms with van der Waals surface area (Å²) in [7, 11) is 1.57. The van der Waals surface area contributed by atoms with Gasteiger partial charge in [-0.2, -0.15) is 0 Å². The molecular formula is C25H27BrN2O5. The molecule has 1 atom stereocenters. The molecule has 2 fully saturated rings. The van der Waals surface area contributed by atoms with Gasteiger partial charge in [0.2, 0.25) is 0 Å². The van der Waals surface area contributed by atoms with Crippen molar-refractivity contribution >= 4 is 33.4 Å². The van der Waals surface area contributed by atoms with Crippen molar-refractivity contribution in [2.24, 2.45) is 0 Å². The van der Waals surface area contributed by atoms with Crippen LogP contribution in [0.3, 0.4) is 0 Å². The number of Topliss-reactive ketones (excluding diaryl/α,β-unsaturated/α-hetero) is 1. The molecule has 2 aromatic rings. The summed E-state index contributed by atoms with van der Waals surface area (Å²) in [5.74, 6) is -0.822. The van der Waals surface area contributed by atoms with Crippen molar-refractivity contribution in [2.75, 3.05) is 46.5 Å². The van der Waals surface area contributed by atoms with E-state index in [0.717, 1.165) is 29.7 Å². The molecule has 0 aliphatic carbocycles. The number of amides is 1. The number of aliphatic hydroxyl groups is 1. The molecule has 4 rings (SSSR count). The number of hydrogen-bond donors (Lipinski definition) is 1. The molecule has 1 amide bonds. The van der Waals surface area contributed by atoms with Crippen LogP contribution in [0, 0.1) is 0 Å². The Kier molecular flexibility index (Phi) is 7.47. The van der Waals surface area contributed by atoms with Crippen LogP contribution in [0.15, 0.2) is 58.6 Å². The zero-order valence-corrected chi connectivity index (χ0v) is 20.1. The van der Waals surface area contributed by atoms with E-state index in [1.165, 1.54) is 0 Å². The molecular weight excluding hydrogens is 488 g/mol. The molecule has 2 heterocycles. The van der Waals surface area contributed by atoms with Crippen molar-refractivity contribution in [2.45, 2.75) is 12.5 Å². The van der Waals surface area contributed by atoms with Gasteiger partial charge < -0.3 is 19.5 Å². The van der Waals surface area contributed by atoms with Crippen LogP contribution in [-0.4, -0.2) is 73.1 Å². The van der Waals surface area contributed by atoms with E-state index in [1.807, 2.05) is 18.2 Å². The molecule has 8 heteroatoms. The maximum atomic E-state index is 13.1. The molecule has 2 aliphatic heterocycles. The van der Waals surface area contributed by atoms with E-state index in [0.29, 0.717) is 37.5 Å². The Balaban J connectivity index is 1.68. The molecule has 0 radical (unpaired) electrons. The summed E-state index contributed by atoms with van der Waals surface area (Å²) in [5.41, 5.74) is 1.30. The second-order valence-electron chi connectivity index (χ2n) is 8.08. The van der Waals surface area contributed by atoms with Gasteiger partial charge in [0.1, 0.15) is 11.5 Å². The first-order valence-corrected chi connectivity index (χ1v) is 11.8. The largest absolute Gasteiger partial charge is 0.507 e. The maximum absolute atomic E-state index is 13.1. The summed E-state index contributed by atoms with van der Waals surface area (Å²) in [5, 5.41) is 11.1. The Bertz CT molecular complexity index is 1050. The third kappa shape index (κ3) is 5.13. The fourth-order valence-electron chi connectivity index (χ4n) is 4.32. The molecule has 7 nitrogen and oxygen atoms in total. The first-order chi connectivity index (χ1) is 16.0. The number of halogens is 1. The molecule has 2 aromatic carbocycles. The SMILES string of the molecule is COc1cccc(C2/C(=C(/O)c3ccc(Br)cc3)C(=O)C(=O)N2CCCN2CCOCC2)c1. The lowest BCUT2D eigenvalue weighted by Gasteiger charge is -2.29. The molecule has 1 unspecified atom stereocenters.